The molecule has 0 fully saturated rings. The van der Waals surface area contributed by atoms with Gasteiger partial charge in [0.1, 0.15) is 0 Å². The average Bonchev–Trinajstić information content (AvgIpc) is 3.09. The molecule has 1 aliphatic heterocycles. The highest BCUT2D eigenvalue weighted by molar-refractivity contribution is 6.16. The Kier molecular flexibility index (Phi) is 10.2. The summed E-state index contributed by atoms with van der Waals surface area (Å²) >= 11 is 0. The molecule has 0 amide bonds. The first-order chi connectivity index (χ1) is 40.7. The van der Waals surface area contributed by atoms with E-state index in [4.69, 9.17) is 0 Å². The Morgan fingerprint density at radius 2 is 0.537 bits per heavy atom. The van der Waals surface area contributed by atoms with Crippen LogP contribution in [0.1, 0.15) is 22.3 Å². The second kappa shape index (κ2) is 18.2. The summed E-state index contributed by atoms with van der Waals surface area (Å²) < 4.78 is 5.08. The van der Waals surface area contributed by atoms with E-state index in [0.717, 1.165) is 17.1 Å². The first-order valence-corrected chi connectivity index (χ1v) is 28.4. The Bertz CT molecular complexity index is 4600. The Labute approximate surface area is 476 Å². The lowest BCUT2D eigenvalue weighted by Crippen LogP contribution is -2.36. The van der Waals surface area contributed by atoms with Crippen molar-refractivity contribution in [1.82, 2.24) is 9.13 Å². The van der Waals surface area contributed by atoms with Crippen LogP contribution in [-0.4, -0.2) is 9.13 Å². The summed E-state index contributed by atoms with van der Waals surface area (Å²) in [5.74, 6) is 0. The van der Waals surface area contributed by atoms with Crippen molar-refractivity contribution in [3.05, 3.63) is 332 Å². The van der Waals surface area contributed by atoms with Crippen LogP contribution in [0.15, 0.2) is 309 Å². The lowest BCUT2D eigenvalue weighted by molar-refractivity contribution is 0.754. The quantitative estimate of drug-likeness (QED) is 0.155. The first kappa shape index (κ1) is 46.2. The molecule has 0 radical (unpaired) electrons. The van der Waals surface area contributed by atoms with E-state index in [-0.39, 0.29) is 0 Å². The van der Waals surface area contributed by atoms with E-state index in [1.807, 2.05) is 0 Å². The van der Waals surface area contributed by atoms with Gasteiger partial charge in [0.2, 0.25) is 0 Å². The third kappa shape index (κ3) is 6.84. The molecular weight excluding hydrogens is 991 g/mol. The van der Waals surface area contributed by atoms with Crippen molar-refractivity contribution in [2.75, 3.05) is 4.90 Å². The van der Waals surface area contributed by atoms with Crippen molar-refractivity contribution >= 4 is 60.7 Å². The highest BCUT2D eigenvalue weighted by Gasteiger charge is 2.52. The zero-order chi connectivity index (χ0) is 53.9. The van der Waals surface area contributed by atoms with Gasteiger partial charge in [0.25, 0.3) is 0 Å². The zero-order valence-electron chi connectivity index (χ0n) is 44.8. The van der Waals surface area contributed by atoms with E-state index in [1.165, 1.54) is 133 Å². The molecule has 2 aliphatic rings. The Morgan fingerprint density at radius 1 is 0.207 bits per heavy atom. The third-order valence-electron chi connectivity index (χ3n) is 17.6. The first-order valence-electron chi connectivity index (χ1n) is 28.4. The number of para-hydroxylation sites is 5. The average molecular weight is 1040 g/mol. The van der Waals surface area contributed by atoms with Crippen LogP contribution in [0.2, 0.25) is 0 Å². The van der Waals surface area contributed by atoms with E-state index in [0.29, 0.717) is 0 Å². The summed E-state index contributed by atoms with van der Waals surface area (Å²) in [6, 6.07) is 115. The molecule has 3 heteroatoms. The summed E-state index contributed by atoms with van der Waals surface area (Å²) in [6.45, 7) is 0. The number of hydrogen-bond donors (Lipinski definition) is 0. The molecule has 3 nitrogen and oxygen atoms in total. The van der Waals surface area contributed by atoms with Crippen LogP contribution in [0.5, 0.6) is 0 Å². The van der Waals surface area contributed by atoms with Crippen LogP contribution in [0.3, 0.4) is 0 Å². The second-order valence-corrected chi connectivity index (χ2v) is 22.0. The smallest absolute Gasteiger partial charge is 0.0755 e. The minimum absolute atomic E-state index is 0.754. The molecule has 0 saturated carbocycles. The number of benzene rings is 13. The SMILES string of the molecule is c1ccc(-c2cc(-c3ccccc3)cc(-n3c4ccccc4c4cc5c(cc43)C3(c4cc6c(cc4-5)c4ccccc4n6-c4cc(-c5ccccc5)cc(-c5ccccc5)c4)c4ccccc4N(c4ccccc4)c4ccccc43)c2)cc1. The van der Waals surface area contributed by atoms with Crippen molar-refractivity contribution in [3.8, 4) is 67.0 Å². The molecule has 17 rings (SSSR count). The van der Waals surface area contributed by atoms with Crippen molar-refractivity contribution in [2.45, 2.75) is 5.41 Å². The van der Waals surface area contributed by atoms with Gasteiger partial charge in [-0.05, 0) is 175 Å². The zero-order valence-corrected chi connectivity index (χ0v) is 44.8. The normalized spacial score (nSPS) is 13.0. The fraction of sp³-hybridized carbons (Fsp3) is 0.0127. The lowest BCUT2D eigenvalue weighted by atomic mass is 9.64. The number of hydrogen-bond acceptors (Lipinski definition) is 1. The van der Waals surface area contributed by atoms with Crippen molar-refractivity contribution in [1.29, 1.82) is 0 Å². The lowest BCUT2D eigenvalue weighted by Gasteiger charge is -2.45. The van der Waals surface area contributed by atoms with E-state index in [9.17, 15) is 0 Å². The highest BCUT2D eigenvalue weighted by atomic mass is 15.2. The van der Waals surface area contributed by atoms with Gasteiger partial charge in [-0.2, -0.15) is 0 Å². The largest absolute Gasteiger partial charge is 0.310 e. The molecule has 82 heavy (non-hydrogen) atoms. The molecule has 3 heterocycles. The predicted molar refractivity (Wildman–Crippen MR) is 342 cm³/mol. The van der Waals surface area contributed by atoms with Crippen LogP contribution in [-0.2, 0) is 5.41 Å². The number of fused-ring (bicyclic) bond motifs is 15. The van der Waals surface area contributed by atoms with E-state index in [1.54, 1.807) is 0 Å². The third-order valence-corrected chi connectivity index (χ3v) is 17.6. The molecule has 382 valence electrons. The Hall–Kier alpha value is -10.7. The van der Waals surface area contributed by atoms with E-state index < -0.39 is 5.41 Å². The number of nitrogens with zero attached hydrogens (tertiary/aromatic N) is 3. The van der Waals surface area contributed by atoms with Crippen LogP contribution in [0, 0.1) is 0 Å². The molecule has 15 aromatic rings. The minimum Gasteiger partial charge on any atom is -0.310 e. The maximum Gasteiger partial charge on any atom is 0.0755 e. The number of rotatable bonds is 7. The summed E-state index contributed by atoms with van der Waals surface area (Å²) in [4.78, 5) is 2.49. The molecular formula is C79H51N3. The van der Waals surface area contributed by atoms with Crippen LogP contribution in [0.25, 0.3) is 111 Å². The maximum absolute atomic E-state index is 2.58. The summed E-state index contributed by atoms with van der Waals surface area (Å²) in [6.07, 6.45) is 0. The van der Waals surface area contributed by atoms with Gasteiger partial charge in [-0.1, -0.05) is 212 Å². The van der Waals surface area contributed by atoms with Gasteiger partial charge >= 0.3 is 0 Å². The summed E-state index contributed by atoms with van der Waals surface area (Å²) in [5.41, 5.74) is 26.6. The van der Waals surface area contributed by atoms with Gasteiger partial charge in [0, 0.05) is 38.6 Å². The maximum atomic E-state index is 2.58. The molecule has 0 atom stereocenters. The molecule has 13 aromatic carbocycles. The van der Waals surface area contributed by atoms with Crippen LogP contribution >= 0.6 is 0 Å². The van der Waals surface area contributed by atoms with Crippen LogP contribution < -0.4 is 4.90 Å². The van der Waals surface area contributed by atoms with E-state index >= 15 is 0 Å². The minimum atomic E-state index is -0.754. The molecule has 2 aromatic heterocycles. The van der Waals surface area contributed by atoms with Gasteiger partial charge < -0.3 is 14.0 Å². The molecule has 0 saturated heterocycles. The Morgan fingerprint density at radius 3 is 0.927 bits per heavy atom. The highest BCUT2D eigenvalue weighted by Crippen LogP contribution is 2.65. The van der Waals surface area contributed by atoms with Crippen molar-refractivity contribution in [3.63, 3.8) is 0 Å². The summed E-state index contributed by atoms with van der Waals surface area (Å²) in [7, 11) is 0. The molecule has 0 bridgehead atoms. The van der Waals surface area contributed by atoms with Gasteiger partial charge in [0.15, 0.2) is 0 Å². The fourth-order valence-electron chi connectivity index (χ4n) is 14.1. The van der Waals surface area contributed by atoms with Gasteiger partial charge in [-0.25, -0.2) is 0 Å². The Balaban J connectivity index is 1.01. The van der Waals surface area contributed by atoms with Crippen LogP contribution in [0.4, 0.5) is 17.1 Å². The topological polar surface area (TPSA) is 13.1 Å². The van der Waals surface area contributed by atoms with Crippen molar-refractivity contribution < 1.29 is 0 Å². The predicted octanol–water partition coefficient (Wildman–Crippen LogP) is 20.7. The standard InChI is InChI=1S/C79H51N3/c1-6-24-52(25-7-1)56-42-57(53-26-8-2-9-27-53)45-61(44-56)81-73-38-20-16-34-63(73)67-48-65-66-49-68-64-35-17-21-39-74(64)82(62-46-58(54-28-10-3-11-29-54)43-59(47-62)55-30-12-4-13-31-55)78(68)51-72(66)79(71(65)50-77(67)81)69-36-18-22-40-75(69)80(60-32-14-5-15-33-60)76-41-23-19-37-70(76)79/h1-51H. The van der Waals surface area contributed by atoms with Crippen molar-refractivity contribution in [2.24, 2.45) is 0 Å². The van der Waals surface area contributed by atoms with Gasteiger partial charge in [0.05, 0.1) is 38.9 Å². The summed E-state index contributed by atoms with van der Waals surface area (Å²) in [5, 5.41) is 4.89. The fourth-order valence-corrected chi connectivity index (χ4v) is 14.1. The number of aromatic nitrogens is 2. The molecule has 1 spiro atoms. The van der Waals surface area contributed by atoms with Gasteiger partial charge in [-0.3, -0.25) is 0 Å². The van der Waals surface area contributed by atoms with Gasteiger partial charge in [-0.15, -0.1) is 0 Å². The molecule has 0 N–H and O–H groups in total. The molecule has 1 aliphatic carbocycles. The number of anilines is 3. The monoisotopic (exact) mass is 1040 g/mol. The molecule has 0 unspecified atom stereocenters. The van der Waals surface area contributed by atoms with E-state index in [2.05, 4.69) is 323 Å². The second-order valence-electron chi connectivity index (χ2n) is 22.0.